The molecule has 0 spiro atoms. The molecule has 0 radical (unpaired) electrons. The standard InChI is InChI=1S/C22H25N3O3S3/c1-3-24-17-7-5-4-6-15(17)19(23-9-12-30-13-10-23)16(20(24)26)14-18-21(27)25(8-11-28-2)22(29)31-18/h4-7,14H,3,8-13H2,1-2H3. The second kappa shape index (κ2) is 9.77. The molecular formula is C22H25N3O3S3. The smallest absolute Gasteiger partial charge is 0.266 e. The van der Waals surface area contributed by atoms with Gasteiger partial charge < -0.3 is 14.2 Å². The van der Waals surface area contributed by atoms with E-state index in [1.54, 1.807) is 22.7 Å². The first kappa shape index (κ1) is 22.4. The van der Waals surface area contributed by atoms with Gasteiger partial charge in [-0.25, -0.2) is 0 Å². The molecule has 1 aromatic carbocycles. The second-order valence-electron chi connectivity index (χ2n) is 7.25. The number of thioether (sulfide) groups is 2. The minimum atomic E-state index is -0.164. The van der Waals surface area contributed by atoms with Gasteiger partial charge in [-0.05, 0) is 19.1 Å². The van der Waals surface area contributed by atoms with Crippen molar-refractivity contribution in [3.63, 3.8) is 0 Å². The summed E-state index contributed by atoms with van der Waals surface area (Å²) < 4.78 is 7.39. The number of aryl methyl sites for hydroxylation is 1. The maximum Gasteiger partial charge on any atom is 0.266 e. The number of para-hydroxylation sites is 1. The maximum atomic E-state index is 13.6. The van der Waals surface area contributed by atoms with Crippen LogP contribution >= 0.6 is 35.7 Å². The number of amides is 1. The predicted molar refractivity (Wildman–Crippen MR) is 135 cm³/mol. The third-order valence-electron chi connectivity index (χ3n) is 5.49. The van der Waals surface area contributed by atoms with Gasteiger partial charge in [-0.3, -0.25) is 14.5 Å². The average molecular weight is 476 g/mol. The molecule has 2 fully saturated rings. The fraction of sp³-hybridized carbons (Fsp3) is 0.409. The Bertz CT molecular complexity index is 1110. The van der Waals surface area contributed by atoms with E-state index >= 15 is 0 Å². The van der Waals surface area contributed by atoms with Gasteiger partial charge in [-0.15, -0.1) is 0 Å². The summed E-state index contributed by atoms with van der Waals surface area (Å²) in [6, 6.07) is 8.03. The van der Waals surface area contributed by atoms with Crippen molar-refractivity contribution in [1.82, 2.24) is 9.47 Å². The van der Waals surface area contributed by atoms with Gasteiger partial charge in [0.15, 0.2) is 0 Å². The third-order valence-corrected chi connectivity index (χ3v) is 7.81. The van der Waals surface area contributed by atoms with Gasteiger partial charge in [0.1, 0.15) is 4.32 Å². The highest BCUT2D eigenvalue weighted by atomic mass is 32.2. The summed E-state index contributed by atoms with van der Waals surface area (Å²) >= 11 is 8.59. The van der Waals surface area contributed by atoms with Crippen LogP contribution in [0, 0.1) is 0 Å². The Morgan fingerprint density at radius 2 is 1.94 bits per heavy atom. The fourth-order valence-electron chi connectivity index (χ4n) is 3.99. The van der Waals surface area contributed by atoms with Gasteiger partial charge in [0.05, 0.1) is 34.8 Å². The molecule has 1 amide bonds. The highest BCUT2D eigenvalue weighted by molar-refractivity contribution is 8.26. The Morgan fingerprint density at radius 3 is 2.65 bits per heavy atom. The number of aromatic nitrogens is 1. The SMILES string of the molecule is CCn1c(=O)c(C=C2SC(=S)N(CCOC)C2=O)c(N2CCSCC2)c2ccccc21. The molecule has 0 N–H and O–H groups in total. The average Bonchev–Trinajstić information content (AvgIpc) is 3.06. The number of nitrogens with zero attached hydrogens (tertiary/aromatic N) is 3. The van der Waals surface area contributed by atoms with E-state index in [0.29, 0.717) is 34.5 Å². The summed E-state index contributed by atoms with van der Waals surface area (Å²) in [6.07, 6.45) is 1.75. The largest absolute Gasteiger partial charge is 0.383 e. The molecule has 3 heterocycles. The normalized spacial score (nSPS) is 18.6. The Hall–Kier alpha value is -1.81. The van der Waals surface area contributed by atoms with Crippen LogP contribution in [0.25, 0.3) is 17.0 Å². The molecule has 2 aliphatic rings. The molecular weight excluding hydrogens is 450 g/mol. The van der Waals surface area contributed by atoms with Crippen molar-refractivity contribution in [3.05, 3.63) is 45.1 Å². The maximum absolute atomic E-state index is 13.6. The zero-order chi connectivity index (χ0) is 22.0. The number of thiocarbonyl (C=S) groups is 1. The third kappa shape index (κ3) is 4.28. The lowest BCUT2D eigenvalue weighted by Gasteiger charge is -2.31. The van der Waals surface area contributed by atoms with Crippen molar-refractivity contribution >= 4 is 68.6 Å². The molecule has 0 saturated carbocycles. The fourth-order valence-corrected chi connectivity index (χ4v) is 6.18. The highest BCUT2D eigenvalue weighted by Gasteiger charge is 2.33. The number of hydrogen-bond donors (Lipinski definition) is 0. The molecule has 164 valence electrons. The van der Waals surface area contributed by atoms with Crippen LogP contribution in [-0.4, -0.2) is 64.6 Å². The quantitative estimate of drug-likeness (QED) is 0.469. The molecule has 0 atom stereocenters. The van der Waals surface area contributed by atoms with Crippen molar-refractivity contribution in [1.29, 1.82) is 0 Å². The summed E-state index contributed by atoms with van der Waals surface area (Å²) in [7, 11) is 1.60. The molecule has 2 saturated heterocycles. The van der Waals surface area contributed by atoms with Crippen LogP contribution in [-0.2, 0) is 16.1 Å². The number of benzene rings is 1. The number of hydrogen-bond acceptors (Lipinski definition) is 7. The first-order chi connectivity index (χ1) is 15.1. The van der Waals surface area contributed by atoms with E-state index in [4.69, 9.17) is 17.0 Å². The van der Waals surface area contributed by atoms with Gasteiger partial charge in [0.2, 0.25) is 0 Å². The topological polar surface area (TPSA) is 54.8 Å². The minimum Gasteiger partial charge on any atom is -0.383 e. The lowest BCUT2D eigenvalue weighted by Crippen LogP contribution is -2.36. The molecule has 0 bridgehead atoms. The number of rotatable bonds is 6. The van der Waals surface area contributed by atoms with Crippen molar-refractivity contribution in [2.24, 2.45) is 0 Å². The van der Waals surface area contributed by atoms with E-state index in [9.17, 15) is 9.59 Å². The van der Waals surface area contributed by atoms with Gasteiger partial charge in [-0.1, -0.05) is 42.2 Å². The van der Waals surface area contributed by atoms with Gasteiger partial charge >= 0.3 is 0 Å². The highest BCUT2D eigenvalue weighted by Crippen LogP contribution is 2.36. The first-order valence-electron chi connectivity index (χ1n) is 10.3. The number of carbonyl (C=O) groups excluding carboxylic acids is 1. The Labute approximate surface area is 195 Å². The molecule has 4 rings (SSSR count). The van der Waals surface area contributed by atoms with Crippen LogP contribution in [0.3, 0.4) is 0 Å². The van der Waals surface area contributed by atoms with E-state index in [1.807, 2.05) is 36.9 Å². The van der Waals surface area contributed by atoms with Crippen LogP contribution in [0.4, 0.5) is 5.69 Å². The van der Waals surface area contributed by atoms with Crippen LogP contribution < -0.4 is 10.5 Å². The number of anilines is 1. The molecule has 2 aliphatic heterocycles. The second-order valence-corrected chi connectivity index (χ2v) is 10.2. The van der Waals surface area contributed by atoms with E-state index in [0.717, 1.165) is 41.2 Å². The number of carbonyl (C=O) groups is 1. The van der Waals surface area contributed by atoms with Crippen LogP contribution in [0.5, 0.6) is 0 Å². The predicted octanol–water partition coefficient (Wildman–Crippen LogP) is 3.42. The number of ether oxygens (including phenoxy) is 1. The number of pyridine rings is 1. The Morgan fingerprint density at radius 1 is 1.19 bits per heavy atom. The summed E-state index contributed by atoms with van der Waals surface area (Å²) in [5.74, 6) is 1.87. The van der Waals surface area contributed by atoms with E-state index in [2.05, 4.69) is 11.0 Å². The molecule has 9 heteroatoms. The summed E-state index contributed by atoms with van der Waals surface area (Å²) in [4.78, 5) is 30.9. The van der Waals surface area contributed by atoms with Gasteiger partial charge in [0.25, 0.3) is 11.5 Å². The minimum absolute atomic E-state index is 0.0726. The molecule has 1 aromatic heterocycles. The Balaban J connectivity index is 1.90. The zero-order valence-corrected chi connectivity index (χ0v) is 20.1. The lowest BCUT2D eigenvalue weighted by molar-refractivity contribution is -0.122. The summed E-state index contributed by atoms with van der Waals surface area (Å²) in [5.41, 5.74) is 2.34. The Kier molecular flexibility index (Phi) is 7.05. The number of fused-ring (bicyclic) bond motifs is 1. The van der Waals surface area contributed by atoms with E-state index in [1.165, 1.54) is 11.8 Å². The van der Waals surface area contributed by atoms with Crippen molar-refractivity contribution in [2.45, 2.75) is 13.5 Å². The molecule has 6 nitrogen and oxygen atoms in total. The summed E-state index contributed by atoms with van der Waals surface area (Å²) in [5, 5.41) is 1.04. The molecule has 2 aromatic rings. The summed E-state index contributed by atoms with van der Waals surface area (Å²) in [6.45, 7) is 5.10. The monoisotopic (exact) mass is 475 g/mol. The molecule has 0 unspecified atom stereocenters. The van der Waals surface area contributed by atoms with Gasteiger partial charge in [-0.2, -0.15) is 11.8 Å². The van der Waals surface area contributed by atoms with Crippen molar-refractivity contribution in [3.8, 4) is 0 Å². The number of methoxy groups -OCH3 is 1. The van der Waals surface area contributed by atoms with Crippen LogP contribution in [0.1, 0.15) is 12.5 Å². The zero-order valence-electron chi connectivity index (χ0n) is 17.6. The van der Waals surface area contributed by atoms with Crippen molar-refractivity contribution in [2.75, 3.05) is 49.8 Å². The lowest BCUT2D eigenvalue weighted by atomic mass is 10.1. The molecule has 31 heavy (non-hydrogen) atoms. The van der Waals surface area contributed by atoms with E-state index < -0.39 is 0 Å². The van der Waals surface area contributed by atoms with Crippen molar-refractivity contribution < 1.29 is 9.53 Å². The van der Waals surface area contributed by atoms with Crippen LogP contribution in [0.2, 0.25) is 0 Å². The first-order valence-corrected chi connectivity index (χ1v) is 12.7. The van der Waals surface area contributed by atoms with Gasteiger partial charge in [0, 0.05) is 43.6 Å². The van der Waals surface area contributed by atoms with E-state index in [-0.39, 0.29) is 11.5 Å². The molecule has 0 aliphatic carbocycles. The van der Waals surface area contributed by atoms with Crippen LogP contribution in [0.15, 0.2) is 34.0 Å².